The van der Waals surface area contributed by atoms with E-state index in [1.807, 2.05) is 13.1 Å². The van der Waals surface area contributed by atoms with Crippen molar-refractivity contribution in [2.75, 3.05) is 13.7 Å². The quantitative estimate of drug-likeness (QED) is 0.597. The summed E-state index contributed by atoms with van der Waals surface area (Å²) in [4.78, 5) is 19.6. The van der Waals surface area contributed by atoms with Gasteiger partial charge in [-0.15, -0.1) is 0 Å². The number of hydrogen-bond acceptors (Lipinski definition) is 3. The van der Waals surface area contributed by atoms with Crippen LogP contribution in [0.1, 0.15) is 56.5 Å². The second kappa shape index (κ2) is 9.94. The molecule has 0 aliphatic heterocycles. The summed E-state index contributed by atoms with van der Waals surface area (Å²) in [5.74, 6) is 1.38. The van der Waals surface area contributed by atoms with Crippen LogP contribution in [0.3, 0.4) is 0 Å². The Balaban J connectivity index is 0.000000471. The van der Waals surface area contributed by atoms with Crippen LogP contribution in [0.25, 0.3) is 5.57 Å². The summed E-state index contributed by atoms with van der Waals surface area (Å²) >= 11 is 3.58. The Morgan fingerprint density at radius 1 is 1.42 bits per heavy atom. The zero-order valence-electron chi connectivity index (χ0n) is 14.5. The highest BCUT2D eigenvalue weighted by molar-refractivity contribution is 9.09. The molecule has 0 amide bonds. The summed E-state index contributed by atoms with van der Waals surface area (Å²) in [5.41, 5.74) is 2.25. The third-order valence-corrected chi connectivity index (χ3v) is 5.27. The van der Waals surface area contributed by atoms with Crippen molar-refractivity contribution in [2.45, 2.75) is 49.8 Å². The van der Waals surface area contributed by atoms with Gasteiger partial charge in [0.05, 0.1) is 11.9 Å². The molecule has 1 heterocycles. The van der Waals surface area contributed by atoms with E-state index in [1.165, 1.54) is 12.0 Å². The predicted molar refractivity (Wildman–Crippen MR) is 101 cm³/mol. The molecule has 3 rings (SSSR count). The van der Waals surface area contributed by atoms with Crippen molar-refractivity contribution < 1.29 is 9.53 Å². The number of allylic oxidation sites excluding steroid dienone is 4. The molecule has 2 unspecified atom stereocenters. The van der Waals surface area contributed by atoms with Gasteiger partial charge >= 0.3 is 0 Å². The summed E-state index contributed by atoms with van der Waals surface area (Å²) in [6.07, 6.45) is 14.9. The molecule has 4 nitrogen and oxygen atoms in total. The number of hydrogen-bond donors (Lipinski definition) is 1. The van der Waals surface area contributed by atoms with E-state index in [0.717, 1.165) is 50.1 Å². The molecule has 2 aliphatic carbocycles. The summed E-state index contributed by atoms with van der Waals surface area (Å²) in [7, 11) is 1.68. The zero-order chi connectivity index (χ0) is 17.4. The van der Waals surface area contributed by atoms with E-state index in [9.17, 15) is 4.79 Å². The van der Waals surface area contributed by atoms with E-state index in [-0.39, 0.29) is 11.8 Å². The Hall–Kier alpha value is -1.20. The normalized spacial score (nSPS) is 26.3. The molecular formula is C19H27BrN2O2. The first-order chi connectivity index (χ1) is 11.7. The molecule has 1 fully saturated rings. The van der Waals surface area contributed by atoms with Crippen LogP contribution in [0.5, 0.6) is 0 Å². The van der Waals surface area contributed by atoms with Gasteiger partial charge in [0.15, 0.2) is 0 Å². The third-order valence-electron chi connectivity index (χ3n) is 4.59. The maximum Gasteiger partial charge on any atom is 0.123 e. The number of carbonyl (C=O) groups is 1. The van der Waals surface area contributed by atoms with E-state index in [2.05, 4.69) is 48.9 Å². The molecule has 0 bridgehead atoms. The van der Waals surface area contributed by atoms with Gasteiger partial charge in [0.2, 0.25) is 0 Å². The van der Waals surface area contributed by atoms with E-state index in [0.29, 0.717) is 4.83 Å². The monoisotopic (exact) mass is 394 g/mol. The van der Waals surface area contributed by atoms with Crippen molar-refractivity contribution in [1.82, 2.24) is 9.97 Å². The largest absolute Gasteiger partial charge is 0.385 e. The van der Waals surface area contributed by atoms with Crippen molar-refractivity contribution in [1.29, 1.82) is 0 Å². The molecule has 1 aromatic heterocycles. The third kappa shape index (κ3) is 5.15. The number of ether oxygens (including phenoxy) is 1. The van der Waals surface area contributed by atoms with Crippen LogP contribution in [-0.2, 0) is 9.53 Å². The topological polar surface area (TPSA) is 55.0 Å². The van der Waals surface area contributed by atoms with Gasteiger partial charge in [-0.2, -0.15) is 0 Å². The fourth-order valence-corrected chi connectivity index (χ4v) is 3.47. The lowest BCUT2D eigenvalue weighted by Gasteiger charge is -2.25. The summed E-state index contributed by atoms with van der Waals surface area (Å²) < 4.78 is 4.54. The number of aromatic nitrogens is 2. The number of rotatable bonds is 4. The molecule has 0 radical (unpaired) electrons. The fourth-order valence-electron chi connectivity index (χ4n) is 3.13. The minimum Gasteiger partial charge on any atom is -0.385 e. The maximum atomic E-state index is 11.2. The second-order valence-corrected chi connectivity index (χ2v) is 7.40. The second-order valence-electron chi connectivity index (χ2n) is 6.22. The Morgan fingerprint density at radius 3 is 2.79 bits per heavy atom. The number of nitrogens with zero attached hydrogens (tertiary/aromatic N) is 1. The first kappa shape index (κ1) is 19.1. The van der Waals surface area contributed by atoms with Crippen molar-refractivity contribution >= 4 is 27.8 Å². The van der Waals surface area contributed by atoms with E-state index < -0.39 is 0 Å². The highest BCUT2D eigenvalue weighted by atomic mass is 79.9. The number of aromatic amines is 1. The number of imidazole rings is 1. The van der Waals surface area contributed by atoms with Crippen LogP contribution in [-0.4, -0.2) is 34.8 Å². The Bertz CT molecular complexity index is 578. The Morgan fingerprint density at radius 2 is 2.17 bits per heavy atom. The maximum absolute atomic E-state index is 11.2. The zero-order valence-corrected chi connectivity index (χ0v) is 16.1. The smallest absolute Gasteiger partial charge is 0.123 e. The van der Waals surface area contributed by atoms with E-state index >= 15 is 0 Å². The van der Waals surface area contributed by atoms with Gasteiger partial charge in [-0.25, -0.2) is 4.98 Å². The van der Waals surface area contributed by atoms with Gasteiger partial charge in [-0.1, -0.05) is 47.0 Å². The van der Waals surface area contributed by atoms with Crippen molar-refractivity contribution in [3.63, 3.8) is 0 Å². The van der Waals surface area contributed by atoms with Crippen molar-refractivity contribution in [3.05, 3.63) is 35.9 Å². The molecule has 5 heteroatoms. The molecule has 24 heavy (non-hydrogen) atoms. The summed E-state index contributed by atoms with van der Waals surface area (Å²) in [6.45, 7) is 2.78. The van der Waals surface area contributed by atoms with Gasteiger partial charge in [0, 0.05) is 30.4 Å². The van der Waals surface area contributed by atoms with E-state index in [4.69, 9.17) is 0 Å². The molecule has 2 aliphatic rings. The van der Waals surface area contributed by atoms with Crippen LogP contribution < -0.4 is 0 Å². The minimum absolute atomic E-state index is 0.130. The highest BCUT2D eigenvalue weighted by Crippen LogP contribution is 2.36. The molecule has 0 spiro atoms. The van der Waals surface area contributed by atoms with Crippen LogP contribution in [0.4, 0.5) is 0 Å². The van der Waals surface area contributed by atoms with Gasteiger partial charge < -0.3 is 14.5 Å². The molecular weight excluding hydrogens is 368 g/mol. The lowest BCUT2D eigenvalue weighted by atomic mass is 9.80. The number of H-pyrrole nitrogens is 1. The number of carbonyl (C=O) groups excluding carboxylic acids is 1. The van der Waals surface area contributed by atoms with Crippen molar-refractivity contribution in [3.8, 4) is 0 Å². The first-order valence-electron chi connectivity index (χ1n) is 8.71. The number of nitrogens with one attached hydrogen (secondary N) is 1. The number of halogens is 1. The highest BCUT2D eigenvalue weighted by Gasteiger charge is 2.28. The molecule has 0 aromatic carbocycles. The van der Waals surface area contributed by atoms with Gasteiger partial charge in [0.1, 0.15) is 12.1 Å². The van der Waals surface area contributed by atoms with Gasteiger partial charge in [0.25, 0.3) is 0 Å². The standard InChI is InChI=1S/C16H19BrN2O.C3H8O/c17-13-7-5-11(6-8-13)15-9-18-16(19-15)14-4-2-1-3-12(14)10-20;1-3-4-2/h5-7,9-10,12-14H,1-4,8H2,(H,18,19);3H2,1-2H3/t12?,13?,14-;/m1./s1. The van der Waals surface area contributed by atoms with Crippen LogP contribution in [0.15, 0.2) is 24.4 Å². The SMILES string of the molecule is CCOC.O=CC1CCCC[C@H]1c1ncc(C2=CCC(Br)C=C2)[nH]1. The summed E-state index contributed by atoms with van der Waals surface area (Å²) in [6, 6.07) is 0. The van der Waals surface area contributed by atoms with Crippen LogP contribution in [0.2, 0.25) is 0 Å². The Kier molecular flexibility index (Phi) is 7.92. The lowest BCUT2D eigenvalue weighted by Crippen LogP contribution is -2.20. The average molecular weight is 395 g/mol. The molecule has 3 atom stereocenters. The molecule has 1 N–H and O–H groups in total. The lowest BCUT2D eigenvalue weighted by molar-refractivity contribution is -0.112. The number of alkyl halides is 1. The number of aldehydes is 1. The van der Waals surface area contributed by atoms with Crippen LogP contribution in [0, 0.1) is 5.92 Å². The van der Waals surface area contributed by atoms with Gasteiger partial charge in [-0.05, 0) is 31.8 Å². The van der Waals surface area contributed by atoms with Gasteiger partial charge in [-0.3, -0.25) is 0 Å². The number of methoxy groups -OCH3 is 1. The molecule has 1 aromatic rings. The minimum atomic E-state index is 0.130. The van der Waals surface area contributed by atoms with E-state index in [1.54, 1.807) is 7.11 Å². The van der Waals surface area contributed by atoms with Crippen LogP contribution >= 0.6 is 15.9 Å². The first-order valence-corrected chi connectivity index (χ1v) is 9.63. The average Bonchev–Trinajstić information content (AvgIpc) is 3.12. The van der Waals surface area contributed by atoms with Crippen molar-refractivity contribution in [2.24, 2.45) is 5.92 Å². The molecule has 132 valence electrons. The predicted octanol–water partition coefficient (Wildman–Crippen LogP) is 4.64. The molecule has 1 saturated carbocycles. The molecule has 0 saturated heterocycles. The fraction of sp³-hybridized carbons (Fsp3) is 0.579. The Labute approximate surface area is 152 Å². The summed E-state index contributed by atoms with van der Waals surface area (Å²) in [5, 5.41) is 0.